The van der Waals surface area contributed by atoms with E-state index in [1.807, 2.05) is 39.4 Å². The smallest absolute Gasteiger partial charge is 0.298 e. The third-order valence-corrected chi connectivity index (χ3v) is 4.56. The number of aromatic nitrogens is 2. The molecule has 0 bridgehead atoms. The van der Waals surface area contributed by atoms with Crippen LogP contribution in [0.3, 0.4) is 0 Å². The van der Waals surface area contributed by atoms with Crippen molar-refractivity contribution in [3.05, 3.63) is 29.1 Å². The van der Waals surface area contributed by atoms with Gasteiger partial charge in [0, 0.05) is 30.0 Å². The number of hydrogen-bond donors (Lipinski definition) is 0. The average molecular weight is 361 g/mol. The predicted molar refractivity (Wildman–Crippen MR) is 106 cm³/mol. The molecule has 136 valence electrons. The Kier molecular flexibility index (Phi) is 5.83. The summed E-state index contributed by atoms with van der Waals surface area (Å²) in [5.41, 5.74) is 2.96. The second-order valence-electron chi connectivity index (χ2n) is 7.64. The molecule has 1 heterocycles. The first-order valence-corrected chi connectivity index (χ1v) is 9.24. The van der Waals surface area contributed by atoms with Crippen LogP contribution in [0.4, 0.5) is 5.69 Å². The number of aryl methyl sites for hydroxylation is 2. The molecule has 2 aromatic rings. The van der Waals surface area contributed by atoms with Gasteiger partial charge in [-0.3, -0.25) is 0 Å². The third kappa shape index (κ3) is 5.01. The van der Waals surface area contributed by atoms with Crippen LogP contribution in [-0.2, 0) is 5.41 Å². The topological polar surface area (TPSA) is 50.6 Å². The lowest BCUT2D eigenvalue weighted by molar-refractivity contribution is 0.429. The lowest BCUT2D eigenvalue weighted by Crippen LogP contribution is -2.24. The zero-order valence-corrected chi connectivity index (χ0v) is 17.2. The molecule has 25 heavy (non-hydrogen) atoms. The Bertz CT molecular complexity index is 759. The number of ether oxygens (including phenoxy) is 1. The van der Waals surface area contributed by atoms with Crippen molar-refractivity contribution in [3.63, 3.8) is 0 Å². The van der Waals surface area contributed by atoms with Crippen molar-refractivity contribution in [2.24, 2.45) is 4.99 Å². The van der Waals surface area contributed by atoms with Gasteiger partial charge in [0.25, 0.3) is 5.19 Å². The maximum absolute atomic E-state index is 5.97. The van der Waals surface area contributed by atoms with Gasteiger partial charge < -0.3 is 9.64 Å². The van der Waals surface area contributed by atoms with Crippen molar-refractivity contribution >= 4 is 23.6 Å². The molecule has 0 unspecified atom stereocenters. The van der Waals surface area contributed by atoms with Gasteiger partial charge in [0.2, 0.25) is 0 Å². The van der Waals surface area contributed by atoms with Gasteiger partial charge in [0.1, 0.15) is 5.75 Å². The molecule has 1 aromatic carbocycles. The van der Waals surface area contributed by atoms with Gasteiger partial charge in [-0.05, 0) is 51.0 Å². The first-order chi connectivity index (χ1) is 11.6. The van der Waals surface area contributed by atoms with E-state index in [0.717, 1.165) is 28.4 Å². The Balaban J connectivity index is 2.21. The van der Waals surface area contributed by atoms with Crippen molar-refractivity contribution in [3.8, 4) is 10.9 Å². The molecule has 0 aliphatic rings. The van der Waals surface area contributed by atoms with Gasteiger partial charge in [-0.1, -0.05) is 20.8 Å². The summed E-state index contributed by atoms with van der Waals surface area (Å²) in [5, 5.41) is 0.572. The molecule has 0 fully saturated rings. The molecular formula is C19H28N4OS. The molecule has 0 radical (unpaired) electrons. The highest BCUT2D eigenvalue weighted by Crippen LogP contribution is 2.33. The Morgan fingerprint density at radius 2 is 1.88 bits per heavy atom. The van der Waals surface area contributed by atoms with E-state index < -0.39 is 0 Å². The van der Waals surface area contributed by atoms with E-state index in [9.17, 15) is 0 Å². The van der Waals surface area contributed by atoms with Crippen LogP contribution in [0.5, 0.6) is 10.9 Å². The van der Waals surface area contributed by atoms with Crippen LogP contribution < -0.4 is 4.74 Å². The summed E-state index contributed by atoms with van der Waals surface area (Å²) in [6, 6.07) is 4.47. The summed E-state index contributed by atoms with van der Waals surface area (Å²) in [5.74, 6) is 1.60. The van der Waals surface area contributed by atoms with Gasteiger partial charge in [-0.2, -0.15) is 9.36 Å². The molecule has 0 saturated heterocycles. The summed E-state index contributed by atoms with van der Waals surface area (Å²) in [7, 11) is 2.02. The minimum atomic E-state index is -0.0793. The summed E-state index contributed by atoms with van der Waals surface area (Å²) < 4.78 is 10.4. The second-order valence-corrected chi connectivity index (χ2v) is 8.36. The van der Waals surface area contributed by atoms with Crippen molar-refractivity contribution in [1.82, 2.24) is 14.3 Å². The van der Waals surface area contributed by atoms with Crippen molar-refractivity contribution in [2.45, 2.75) is 59.9 Å². The van der Waals surface area contributed by atoms with Crippen LogP contribution in [0.2, 0.25) is 0 Å². The van der Waals surface area contributed by atoms with E-state index in [4.69, 9.17) is 4.74 Å². The first-order valence-electron chi connectivity index (χ1n) is 8.47. The average Bonchev–Trinajstić information content (AvgIpc) is 2.97. The molecule has 1 aromatic heterocycles. The highest BCUT2D eigenvalue weighted by atomic mass is 32.1. The number of rotatable bonds is 5. The molecule has 0 N–H and O–H groups in total. The lowest BCUT2D eigenvalue weighted by atomic mass is 9.96. The standard InChI is InChI=1S/C19H28N4OS/c1-12(2)23(8)11-20-15-9-14(4)16(10-13(15)3)24-18-21-17(22-25-18)19(5,6)7/h9-12H,1-8H3. The Morgan fingerprint density at radius 1 is 1.20 bits per heavy atom. The van der Waals surface area contributed by atoms with E-state index in [1.165, 1.54) is 11.5 Å². The van der Waals surface area contributed by atoms with E-state index in [-0.39, 0.29) is 5.41 Å². The fourth-order valence-electron chi connectivity index (χ4n) is 1.96. The quantitative estimate of drug-likeness (QED) is 0.540. The van der Waals surface area contributed by atoms with Crippen LogP contribution in [0.1, 0.15) is 51.6 Å². The summed E-state index contributed by atoms with van der Waals surface area (Å²) in [6.45, 7) is 14.6. The lowest BCUT2D eigenvalue weighted by Gasteiger charge is -2.17. The fourth-order valence-corrected chi connectivity index (χ4v) is 2.69. The maximum atomic E-state index is 5.97. The van der Waals surface area contributed by atoms with E-state index >= 15 is 0 Å². The molecule has 5 nitrogen and oxygen atoms in total. The molecule has 0 aliphatic heterocycles. The maximum Gasteiger partial charge on any atom is 0.298 e. The van der Waals surface area contributed by atoms with Crippen LogP contribution in [0.15, 0.2) is 17.1 Å². The van der Waals surface area contributed by atoms with Crippen LogP contribution in [0.25, 0.3) is 0 Å². The van der Waals surface area contributed by atoms with E-state index in [1.54, 1.807) is 0 Å². The first kappa shape index (κ1) is 19.4. The van der Waals surface area contributed by atoms with Crippen molar-refractivity contribution < 1.29 is 4.74 Å². The zero-order chi connectivity index (χ0) is 18.8. The van der Waals surface area contributed by atoms with E-state index in [2.05, 4.69) is 53.9 Å². The minimum Gasteiger partial charge on any atom is -0.430 e. The van der Waals surface area contributed by atoms with Gasteiger partial charge >= 0.3 is 0 Å². The summed E-state index contributed by atoms with van der Waals surface area (Å²) in [4.78, 5) is 11.2. The number of nitrogens with zero attached hydrogens (tertiary/aromatic N) is 4. The monoisotopic (exact) mass is 360 g/mol. The Hall–Kier alpha value is -1.95. The fraction of sp³-hybridized carbons (Fsp3) is 0.526. The molecule has 0 atom stereocenters. The largest absolute Gasteiger partial charge is 0.430 e. The molecule has 0 spiro atoms. The van der Waals surface area contributed by atoms with Gasteiger partial charge in [0.05, 0.1) is 12.0 Å². The molecule has 0 aliphatic carbocycles. The van der Waals surface area contributed by atoms with Gasteiger partial charge in [-0.15, -0.1) is 0 Å². The molecular weight excluding hydrogens is 332 g/mol. The SMILES string of the molecule is Cc1cc(Oc2nc(C(C)(C)C)ns2)c(C)cc1N=CN(C)C(C)C. The van der Waals surface area contributed by atoms with Crippen molar-refractivity contribution in [2.75, 3.05) is 7.05 Å². The van der Waals surface area contributed by atoms with Crippen molar-refractivity contribution in [1.29, 1.82) is 0 Å². The van der Waals surface area contributed by atoms with Gasteiger partial charge in [-0.25, -0.2) is 4.99 Å². The molecule has 0 amide bonds. The third-order valence-electron chi connectivity index (χ3n) is 3.96. The summed E-state index contributed by atoms with van der Waals surface area (Å²) in [6.07, 6.45) is 1.87. The second kappa shape index (κ2) is 7.52. The number of benzene rings is 1. The summed E-state index contributed by atoms with van der Waals surface area (Å²) >= 11 is 1.29. The van der Waals surface area contributed by atoms with Crippen LogP contribution in [0, 0.1) is 13.8 Å². The van der Waals surface area contributed by atoms with Gasteiger partial charge in [0.15, 0.2) is 5.82 Å². The molecule has 2 rings (SSSR count). The number of aliphatic imine (C=N–C) groups is 1. The Morgan fingerprint density at radius 3 is 2.44 bits per heavy atom. The van der Waals surface area contributed by atoms with Crippen LogP contribution in [-0.4, -0.2) is 33.7 Å². The normalized spacial score (nSPS) is 12.2. The molecule has 6 heteroatoms. The van der Waals surface area contributed by atoms with Crippen LogP contribution >= 0.6 is 11.5 Å². The molecule has 0 saturated carbocycles. The predicted octanol–water partition coefficient (Wildman–Crippen LogP) is 5.24. The number of hydrogen-bond acceptors (Lipinski definition) is 5. The van der Waals surface area contributed by atoms with E-state index in [0.29, 0.717) is 11.2 Å². The minimum absolute atomic E-state index is 0.0793. The highest BCUT2D eigenvalue weighted by Gasteiger charge is 2.20. The zero-order valence-electron chi connectivity index (χ0n) is 16.4. The Labute approximate surface area is 154 Å². The highest BCUT2D eigenvalue weighted by molar-refractivity contribution is 7.07.